The second-order valence-electron chi connectivity index (χ2n) is 5.17. The lowest BCUT2D eigenvalue weighted by molar-refractivity contribution is 0.425. The van der Waals surface area contributed by atoms with Crippen LogP contribution < -0.4 is 4.74 Å². The van der Waals surface area contributed by atoms with Crippen LogP contribution in [0.2, 0.25) is 0 Å². The third kappa shape index (κ3) is 2.86. The van der Waals surface area contributed by atoms with E-state index in [4.69, 9.17) is 4.74 Å². The molecule has 18 heavy (non-hydrogen) atoms. The maximum Gasteiger partial charge on any atom is 0.219 e. The van der Waals surface area contributed by atoms with Gasteiger partial charge in [0.2, 0.25) is 5.88 Å². The first-order chi connectivity index (χ1) is 8.47. The first-order valence-corrected chi connectivity index (χ1v) is 5.86. The van der Waals surface area contributed by atoms with E-state index >= 15 is 0 Å². The molecule has 0 aliphatic carbocycles. The zero-order chi connectivity index (χ0) is 13.2. The predicted octanol–water partition coefficient (Wildman–Crippen LogP) is 4.31. The summed E-state index contributed by atoms with van der Waals surface area (Å²) in [5.41, 5.74) is 0.859. The highest BCUT2D eigenvalue weighted by atomic mass is 19.1. The summed E-state index contributed by atoms with van der Waals surface area (Å²) in [4.78, 5) is 4.00. The van der Waals surface area contributed by atoms with E-state index in [2.05, 4.69) is 4.98 Å². The smallest absolute Gasteiger partial charge is 0.219 e. The summed E-state index contributed by atoms with van der Waals surface area (Å²) in [6.45, 7) is 6.13. The maximum absolute atomic E-state index is 13.9. The summed E-state index contributed by atoms with van der Waals surface area (Å²) in [6.07, 6.45) is 1.61. The van der Waals surface area contributed by atoms with Crippen molar-refractivity contribution < 1.29 is 9.13 Å². The highest BCUT2D eigenvalue weighted by Gasteiger charge is 2.16. The van der Waals surface area contributed by atoms with Gasteiger partial charge in [-0.1, -0.05) is 32.9 Å². The fraction of sp³-hybridized carbons (Fsp3) is 0.267. The fourth-order valence-corrected chi connectivity index (χ4v) is 1.57. The lowest BCUT2D eigenvalue weighted by Crippen LogP contribution is -2.11. The molecule has 0 aliphatic heterocycles. The molecule has 3 heteroatoms. The van der Waals surface area contributed by atoms with Crippen LogP contribution in [0, 0.1) is 5.82 Å². The lowest BCUT2D eigenvalue weighted by Gasteiger charge is -2.19. The van der Waals surface area contributed by atoms with Gasteiger partial charge < -0.3 is 4.74 Å². The monoisotopic (exact) mass is 245 g/mol. The Bertz CT molecular complexity index is 532. The van der Waals surface area contributed by atoms with Gasteiger partial charge in [0.15, 0.2) is 11.6 Å². The molecule has 0 aliphatic rings. The Morgan fingerprint density at radius 1 is 1.11 bits per heavy atom. The lowest BCUT2D eigenvalue weighted by atomic mass is 9.87. The zero-order valence-electron chi connectivity index (χ0n) is 10.8. The highest BCUT2D eigenvalue weighted by molar-refractivity contribution is 5.34. The van der Waals surface area contributed by atoms with Crippen LogP contribution in [-0.2, 0) is 5.41 Å². The maximum atomic E-state index is 13.9. The number of hydrogen-bond acceptors (Lipinski definition) is 2. The highest BCUT2D eigenvalue weighted by Crippen LogP contribution is 2.28. The molecule has 94 valence electrons. The number of hydrogen-bond donors (Lipinski definition) is 0. The van der Waals surface area contributed by atoms with Crippen LogP contribution in [0.3, 0.4) is 0 Å². The molecule has 2 aromatic rings. The molecule has 0 saturated carbocycles. The molecule has 0 unspecified atom stereocenters. The Morgan fingerprint density at radius 2 is 1.89 bits per heavy atom. The number of benzene rings is 1. The van der Waals surface area contributed by atoms with Gasteiger partial charge in [-0.15, -0.1) is 0 Å². The summed E-state index contributed by atoms with van der Waals surface area (Å²) < 4.78 is 19.3. The number of nitrogens with zero attached hydrogens (tertiary/aromatic N) is 1. The van der Waals surface area contributed by atoms with E-state index in [-0.39, 0.29) is 17.0 Å². The van der Waals surface area contributed by atoms with E-state index in [9.17, 15) is 4.39 Å². The van der Waals surface area contributed by atoms with Gasteiger partial charge in [-0.3, -0.25) is 0 Å². The van der Waals surface area contributed by atoms with Crippen LogP contribution >= 0.6 is 0 Å². The third-order valence-electron chi connectivity index (χ3n) is 2.65. The molecule has 0 atom stereocenters. The molecule has 1 heterocycles. The third-order valence-corrected chi connectivity index (χ3v) is 2.65. The van der Waals surface area contributed by atoms with Crippen LogP contribution in [0.4, 0.5) is 4.39 Å². The molecule has 2 rings (SSSR count). The average molecular weight is 245 g/mol. The van der Waals surface area contributed by atoms with Crippen LogP contribution in [0.5, 0.6) is 11.6 Å². The van der Waals surface area contributed by atoms with Gasteiger partial charge in [-0.2, -0.15) is 0 Å². The summed E-state index contributed by atoms with van der Waals surface area (Å²) in [5, 5.41) is 0. The second-order valence-corrected chi connectivity index (χ2v) is 5.17. The number of ether oxygens (including phenoxy) is 1. The molecular weight excluding hydrogens is 229 g/mol. The van der Waals surface area contributed by atoms with Gasteiger partial charge in [0.25, 0.3) is 0 Å². The molecule has 0 radical (unpaired) electrons. The second kappa shape index (κ2) is 4.77. The van der Waals surface area contributed by atoms with Crippen molar-refractivity contribution in [3.63, 3.8) is 0 Å². The van der Waals surface area contributed by atoms with Crippen molar-refractivity contribution in [2.45, 2.75) is 26.2 Å². The summed E-state index contributed by atoms with van der Waals surface area (Å²) in [7, 11) is 0. The SMILES string of the molecule is CC(C)(C)c1ccc(Oc2ccccn2)c(F)c1. The van der Waals surface area contributed by atoms with Gasteiger partial charge in [0, 0.05) is 12.3 Å². The molecule has 0 saturated heterocycles. The Hall–Kier alpha value is -1.90. The Labute approximate surface area is 106 Å². The van der Waals surface area contributed by atoms with Crippen molar-refractivity contribution in [3.05, 3.63) is 54.0 Å². The number of rotatable bonds is 2. The van der Waals surface area contributed by atoms with Gasteiger partial charge in [-0.25, -0.2) is 9.37 Å². The van der Waals surface area contributed by atoms with E-state index in [0.29, 0.717) is 5.88 Å². The molecule has 1 aromatic heterocycles. The largest absolute Gasteiger partial charge is 0.436 e. The number of pyridine rings is 1. The topological polar surface area (TPSA) is 22.1 Å². The molecule has 0 N–H and O–H groups in total. The normalized spacial score (nSPS) is 11.3. The summed E-state index contributed by atoms with van der Waals surface area (Å²) in [6, 6.07) is 10.3. The van der Waals surface area contributed by atoms with Crippen molar-refractivity contribution in [3.8, 4) is 11.6 Å². The molecule has 0 fully saturated rings. The minimum Gasteiger partial charge on any atom is -0.436 e. The van der Waals surface area contributed by atoms with E-state index < -0.39 is 0 Å². The van der Waals surface area contributed by atoms with Crippen molar-refractivity contribution in [2.24, 2.45) is 0 Å². The Morgan fingerprint density at radius 3 is 2.44 bits per heavy atom. The minimum atomic E-state index is -0.368. The zero-order valence-corrected chi connectivity index (χ0v) is 10.8. The fourth-order valence-electron chi connectivity index (χ4n) is 1.57. The van der Waals surface area contributed by atoms with Gasteiger partial charge in [-0.05, 0) is 29.2 Å². The minimum absolute atomic E-state index is 0.0790. The van der Waals surface area contributed by atoms with Crippen molar-refractivity contribution >= 4 is 0 Å². The Balaban J connectivity index is 2.26. The van der Waals surface area contributed by atoms with E-state index in [1.807, 2.05) is 26.8 Å². The predicted molar refractivity (Wildman–Crippen MR) is 69.4 cm³/mol. The first kappa shape index (κ1) is 12.6. The van der Waals surface area contributed by atoms with Crippen molar-refractivity contribution in [2.75, 3.05) is 0 Å². The molecular formula is C15H16FNO. The first-order valence-electron chi connectivity index (χ1n) is 5.86. The molecule has 1 aromatic carbocycles. The van der Waals surface area contributed by atoms with Crippen molar-refractivity contribution in [1.29, 1.82) is 0 Å². The van der Waals surface area contributed by atoms with Gasteiger partial charge in [0.1, 0.15) is 0 Å². The van der Waals surface area contributed by atoms with Crippen LogP contribution in [-0.4, -0.2) is 4.98 Å². The summed E-state index contributed by atoms with van der Waals surface area (Å²) in [5.74, 6) is 0.217. The molecule has 0 spiro atoms. The number of aromatic nitrogens is 1. The van der Waals surface area contributed by atoms with E-state index in [0.717, 1.165) is 5.56 Å². The summed E-state index contributed by atoms with van der Waals surface area (Å²) >= 11 is 0. The average Bonchev–Trinajstić information content (AvgIpc) is 2.32. The van der Waals surface area contributed by atoms with Crippen LogP contribution in [0.25, 0.3) is 0 Å². The van der Waals surface area contributed by atoms with Crippen molar-refractivity contribution in [1.82, 2.24) is 4.98 Å². The van der Waals surface area contributed by atoms with E-state index in [1.54, 1.807) is 30.5 Å². The quantitative estimate of drug-likeness (QED) is 0.786. The molecule has 0 bridgehead atoms. The Kier molecular flexibility index (Phi) is 3.32. The molecule has 2 nitrogen and oxygen atoms in total. The van der Waals surface area contributed by atoms with Gasteiger partial charge in [0.05, 0.1) is 0 Å². The van der Waals surface area contributed by atoms with E-state index in [1.165, 1.54) is 6.07 Å². The van der Waals surface area contributed by atoms with Crippen LogP contribution in [0.1, 0.15) is 26.3 Å². The van der Waals surface area contributed by atoms with Gasteiger partial charge >= 0.3 is 0 Å². The molecule has 0 amide bonds. The standard InChI is InChI=1S/C15H16FNO/c1-15(2,3)11-7-8-13(12(16)10-11)18-14-6-4-5-9-17-14/h4-10H,1-3H3. The number of halogens is 1. The van der Waals surface area contributed by atoms with Crippen LogP contribution in [0.15, 0.2) is 42.6 Å².